The van der Waals surface area contributed by atoms with Crippen molar-refractivity contribution in [3.05, 3.63) is 35.4 Å². The molecule has 1 aromatic rings. The van der Waals surface area contributed by atoms with Crippen LogP contribution >= 0.6 is 0 Å². The Balaban J connectivity index is 2.65. The van der Waals surface area contributed by atoms with Crippen molar-refractivity contribution in [2.75, 3.05) is 0 Å². The molecule has 0 aliphatic carbocycles. The van der Waals surface area contributed by atoms with Crippen molar-refractivity contribution in [1.82, 2.24) is 10.6 Å². The van der Waals surface area contributed by atoms with Crippen molar-refractivity contribution in [2.45, 2.75) is 92.2 Å². The van der Waals surface area contributed by atoms with E-state index in [1.165, 1.54) is 0 Å². The summed E-state index contributed by atoms with van der Waals surface area (Å²) in [5.41, 5.74) is 0.898. The van der Waals surface area contributed by atoms with Crippen molar-refractivity contribution in [3.8, 4) is 0 Å². The quantitative estimate of drug-likeness (QED) is 0.491. The van der Waals surface area contributed by atoms with Crippen molar-refractivity contribution in [3.63, 3.8) is 0 Å². The van der Waals surface area contributed by atoms with Crippen LogP contribution in [0.25, 0.3) is 0 Å². The summed E-state index contributed by atoms with van der Waals surface area (Å²) < 4.78 is 0. The Bertz CT molecular complexity index is 557. The fourth-order valence-corrected chi connectivity index (χ4v) is 3.29. The lowest BCUT2D eigenvalue weighted by molar-refractivity contribution is 0.0902. The highest BCUT2D eigenvalue weighted by molar-refractivity contribution is 6.07. The average molecular weight is 389 g/mol. The summed E-state index contributed by atoms with van der Waals surface area (Å²) in [4.78, 5) is 25.4. The van der Waals surface area contributed by atoms with E-state index in [0.29, 0.717) is 23.0 Å². The molecule has 2 atom stereocenters. The van der Waals surface area contributed by atoms with E-state index in [-0.39, 0.29) is 23.9 Å². The van der Waals surface area contributed by atoms with Gasteiger partial charge in [-0.1, -0.05) is 65.5 Å². The summed E-state index contributed by atoms with van der Waals surface area (Å²) in [5, 5.41) is 6.09. The molecular formula is C24H40N2O2. The molecule has 2 N–H and O–H groups in total. The highest BCUT2D eigenvalue weighted by Gasteiger charge is 2.19. The second-order valence-electron chi connectivity index (χ2n) is 8.94. The third-order valence-corrected chi connectivity index (χ3v) is 5.01. The summed E-state index contributed by atoms with van der Waals surface area (Å²) in [7, 11) is 0. The molecule has 0 bridgehead atoms. The van der Waals surface area contributed by atoms with Gasteiger partial charge in [0.2, 0.25) is 0 Å². The minimum atomic E-state index is -0.171. The monoisotopic (exact) mass is 388 g/mol. The number of rotatable bonds is 12. The van der Waals surface area contributed by atoms with Crippen LogP contribution in [0.1, 0.15) is 101 Å². The Kier molecular flexibility index (Phi) is 10.9. The van der Waals surface area contributed by atoms with E-state index in [9.17, 15) is 9.59 Å². The molecule has 0 spiro atoms. The number of carbonyl (C=O) groups excluding carboxylic acids is 2. The molecule has 1 rings (SSSR count). The number of carbonyl (C=O) groups is 2. The van der Waals surface area contributed by atoms with Crippen LogP contribution in [0.5, 0.6) is 0 Å². The fraction of sp³-hybridized carbons (Fsp3) is 0.667. The highest BCUT2D eigenvalue weighted by Crippen LogP contribution is 2.13. The number of hydrogen-bond acceptors (Lipinski definition) is 2. The van der Waals surface area contributed by atoms with Crippen LogP contribution < -0.4 is 10.6 Å². The Hall–Kier alpha value is -1.84. The Labute approximate surface area is 171 Å². The molecule has 4 nitrogen and oxygen atoms in total. The topological polar surface area (TPSA) is 58.2 Å². The van der Waals surface area contributed by atoms with Crippen LogP contribution in [0.15, 0.2) is 24.3 Å². The van der Waals surface area contributed by atoms with Gasteiger partial charge in [-0.3, -0.25) is 9.59 Å². The number of hydrogen-bond donors (Lipinski definition) is 2. The van der Waals surface area contributed by atoms with Crippen LogP contribution in [0, 0.1) is 11.8 Å². The zero-order chi connectivity index (χ0) is 21.1. The van der Waals surface area contributed by atoms with Gasteiger partial charge in [0.25, 0.3) is 11.8 Å². The zero-order valence-electron chi connectivity index (χ0n) is 18.7. The minimum Gasteiger partial charge on any atom is -0.350 e. The third kappa shape index (κ3) is 9.38. The lowest BCUT2D eigenvalue weighted by Gasteiger charge is -2.18. The average Bonchev–Trinajstić information content (AvgIpc) is 2.60. The molecule has 1 aromatic carbocycles. The van der Waals surface area contributed by atoms with E-state index >= 15 is 0 Å². The van der Waals surface area contributed by atoms with E-state index in [4.69, 9.17) is 0 Å². The molecule has 0 aliphatic rings. The molecule has 158 valence electrons. The van der Waals surface area contributed by atoms with E-state index < -0.39 is 0 Å². The molecule has 0 aromatic heterocycles. The maximum atomic E-state index is 12.7. The van der Waals surface area contributed by atoms with E-state index in [1.54, 1.807) is 24.3 Å². The van der Waals surface area contributed by atoms with Gasteiger partial charge in [0.05, 0.1) is 11.1 Å². The largest absolute Gasteiger partial charge is 0.350 e. The van der Waals surface area contributed by atoms with Crippen LogP contribution in [-0.4, -0.2) is 23.9 Å². The standard InChI is InChI=1S/C24H40N2O2/c1-17(2)11-9-13-19(5)25-23(27)21-15-7-8-16-22(21)24(28)26-20(6)14-10-12-18(3)4/h7-8,15-20H,9-14H2,1-6H3,(H,25,27)(H,26,28). The molecule has 4 heteroatoms. The van der Waals surface area contributed by atoms with Gasteiger partial charge in [-0.05, 0) is 50.7 Å². The predicted octanol–water partition coefficient (Wildman–Crippen LogP) is 5.58. The molecule has 0 radical (unpaired) electrons. The molecular weight excluding hydrogens is 348 g/mol. The number of nitrogens with one attached hydrogen (secondary N) is 2. The summed E-state index contributed by atoms with van der Waals surface area (Å²) in [6, 6.07) is 7.26. The predicted molar refractivity (Wildman–Crippen MR) is 118 cm³/mol. The summed E-state index contributed by atoms with van der Waals surface area (Å²) in [6.45, 7) is 12.9. The molecule has 28 heavy (non-hydrogen) atoms. The van der Waals surface area contributed by atoms with Gasteiger partial charge in [-0.25, -0.2) is 0 Å². The fourth-order valence-electron chi connectivity index (χ4n) is 3.29. The minimum absolute atomic E-state index is 0.0947. The van der Waals surface area contributed by atoms with E-state index in [2.05, 4.69) is 38.3 Å². The molecule has 0 saturated heterocycles. The third-order valence-electron chi connectivity index (χ3n) is 5.01. The second-order valence-corrected chi connectivity index (χ2v) is 8.94. The van der Waals surface area contributed by atoms with Crippen molar-refractivity contribution in [2.24, 2.45) is 11.8 Å². The Morgan fingerprint density at radius 3 is 1.36 bits per heavy atom. The van der Waals surface area contributed by atoms with E-state index in [1.807, 2.05) is 13.8 Å². The lowest BCUT2D eigenvalue weighted by Crippen LogP contribution is -2.36. The Morgan fingerprint density at radius 1 is 0.679 bits per heavy atom. The zero-order valence-corrected chi connectivity index (χ0v) is 18.7. The van der Waals surface area contributed by atoms with Crippen LogP contribution in [0.4, 0.5) is 0 Å². The normalized spacial score (nSPS) is 13.4. The first-order valence-corrected chi connectivity index (χ1v) is 10.9. The molecule has 0 aliphatic heterocycles. The van der Waals surface area contributed by atoms with Crippen molar-refractivity contribution < 1.29 is 9.59 Å². The highest BCUT2D eigenvalue weighted by atomic mass is 16.2. The van der Waals surface area contributed by atoms with Gasteiger partial charge in [0.15, 0.2) is 0 Å². The molecule has 2 unspecified atom stereocenters. The lowest BCUT2D eigenvalue weighted by atomic mass is 10.0. The van der Waals surface area contributed by atoms with Gasteiger partial charge in [0, 0.05) is 12.1 Å². The van der Waals surface area contributed by atoms with E-state index in [0.717, 1.165) is 38.5 Å². The van der Waals surface area contributed by atoms with Gasteiger partial charge in [-0.15, -0.1) is 0 Å². The maximum absolute atomic E-state index is 12.7. The first-order valence-electron chi connectivity index (χ1n) is 10.9. The smallest absolute Gasteiger partial charge is 0.252 e. The Morgan fingerprint density at radius 2 is 1.04 bits per heavy atom. The van der Waals surface area contributed by atoms with Gasteiger partial charge >= 0.3 is 0 Å². The first kappa shape index (κ1) is 24.2. The summed E-state index contributed by atoms with van der Waals surface area (Å²) >= 11 is 0. The second kappa shape index (κ2) is 12.6. The van der Waals surface area contributed by atoms with Gasteiger partial charge in [0.1, 0.15) is 0 Å². The molecule has 0 fully saturated rings. The van der Waals surface area contributed by atoms with Crippen LogP contribution in [0.2, 0.25) is 0 Å². The maximum Gasteiger partial charge on any atom is 0.252 e. The summed E-state index contributed by atoms with van der Waals surface area (Å²) in [5.74, 6) is 1.01. The van der Waals surface area contributed by atoms with Crippen LogP contribution in [-0.2, 0) is 0 Å². The SMILES string of the molecule is CC(C)CCCC(C)NC(=O)c1ccccc1C(=O)NC(C)CCCC(C)C. The first-order chi connectivity index (χ1) is 13.2. The van der Waals surface area contributed by atoms with Crippen molar-refractivity contribution >= 4 is 11.8 Å². The number of benzene rings is 1. The van der Waals surface area contributed by atoms with Crippen LogP contribution in [0.3, 0.4) is 0 Å². The number of amides is 2. The molecule has 2 amide bonds. The molecule has 0 heterocycles. The van der Waals surface area contributed by atoms with Gasteiger partial charge in [-0.2, -0.15) is 0 Å². The summed E-state index contributed by atoms with van der Waals surface area (Å²) in [6.07, 6.45) is 6.41. The molecule has 0 saturated carbocycles. The van der Waals surface area contributed by atoms with Crippen molar-refractivity contribution in [1.29, 1.82) is 0 Å². The van der Waals surface area contributed by atoms with Gasteiger partial charge < -0.3 is 10.6 Å².